The van der Waals surface area contributed by atoms with Crippen molar-refractivity contribution in [3.63, 3.8) is 0 Å². The summed E-state index contributed by atoms with van der Waals surface area (Å²) in [6, 6.07) is -4.40. The maximum absolute atomic E-state index is 13.3. The van der Waals surface area contributed by atoms with Crippen molar-refractivity contribution in [3.05, 3.63) is 0 Å². The van der Waals surface area contributed by atoms with E-state index in [9.17, 15) is 33.9 Å². The standard InChI is InChI=1S/C22H36N8O7/c1-11(2)8-15-20(36)28-12(4-3-6-25-22(23)24)18(34)26-10-16(31)27-14(9-17(32)33)19(35)29-13-5-7-30(15)21(13)37/h11-15H,3-10H2,1-2H3,(H,26,34)(H,27,31)(H,28,36)(H,29,35)(H,32,33)(H4,23,24,25)/t12-,13-,14-,15-/m0/s1. The maximum Gasteiger partial charge on any atom is 0.305 e. The van der Waals surface area contributed by atoms with E-state index in [2.05, 4.69) is 26.3 Å². The number of aliphatic imine (C=N–C) groups is 1. The first kappa shape index (κ1) is 29.3. The van der Waals surface area contributed by atoms with E-state index < -0.39 is 72.6 Å². The van der Waals surface area contributed by atoms with Crippen LogP contribution in [0.15, 0.2) is 4.99 Å². The lowest BCUT2D eigenvalue weighted by Gasteiger charge is -2.30. The summed E-state index contributed by atoms with van der Waals surface area (Å²) in [5, 5.41) is 19.0. The van der Waals surface area contributed by atoms with Crippen molar-refractivity contribution in [1.82, 2.24) is 26.2 Å². The molecule has 2 rings (SSSR count). The van der Waals surface area contributed by atoms with E-state index in [0.717, 1.165) is 0 Å². The monoisotopic (exact) mass is 524 g/mol. The second-order valence-corrected chi connectivity index (χ2v) is 9.47. The van der Waals surface area contributed by atoms with Crippen molar-refractivity contribution in [2.45, 2.75) is 70.1 Å². The highest BCUT2D eigenvalue weighted by atomic mass is 16.4. The van der Waals surface area contributed by atoms with Crippen LogP contribution in [0.2, 0.25) is 0 Å². The molecule has 5 amide bonds. The Morgan fingerprint density at radius 3 is 2.38 bits per heavy atom. The molecule has 0 aliphatic carbocycles. The highest BCUT2D eigenvalue weighted by Gasteiger charge is 2.41. The molecule has 2 fully saturated rings. The Kier molecular flexibility index (Phi) is 10.6. The lowest BCUT2D eigenvalue weighted by Crippen LogP contribution is -2.55. The van der Waals surface area contributed by atoms with Crippen molar-refractivity contribution in [2.24, 2.45) is 22.4 Å². The normalized spacial score (nSPS) is 25.4. The molecule has 2 aliphatic rings. The van der Waals surface area contributed by atoms with E-state index in [1.54, 1.807) is 0 Å². The molecular formula is C22H36N8O7. The number of nitrogens with two attached hydrogens (primary N) is 2. The van der Waals surface area contributed by atoms with Gasteiger partial charge in [-0.2, -0.15) is 0 Å². The fraction of sp³-hybridized carbons (Fsp3) is 0.682. The van der Waals surface area contributed by atoms with Gasteiger partial charge in [-0.25, -0.2) is 0 Å². The van der Waals surface area contributed by atoms with E-state index in [4.69, 9.17) is 11.5 Å². The summed E-state index contributed by atoms with van der Waals surface area (Å²) in [5.74, 6) is -4.81. The number of hydrogen-bond donors (Lipinski definition) is 7. The Morgan fingerprint density at radius 2 is 1.76 bits per heavy atom. The Bertz CT molecular complexity index is 934. The number of carboxylic acid groups (broad SMARTS) is 1. The van der Waals surface area contributed by atoms with Crippen LogP contribution in [0.25, 0.3) is 0 Å². The number of fused-ring (bicyclic) bond motifs is 2. The Labute approximate surface area is 214 Å². The Hall–Kier alpha value is -3.91. The largest absolute Gasteiger partial charge is 0.481 e. The molecule has 0 radical (unpaired) electrons. The van der Waals surface area contributed by atoms with Gasteiger partial charge in [-0.1, -0.05) is 13.8 Å². The molecule has 15 nitrogen and oxygen atoms in total. The van der Waals surface area contributed by atoms with Gasteiger partial charge in [0.25, 0.3) is 0 Å². The van der Waals surface area contributed by atoms with E-state index in [1.165, 1.54) is 4.90 Å². The SMILES string of the molecule is CC(C)C[C@H]1C(=O)N[C@@H](CCCN=C(N)N)C(=O)NCC(=O)N[C@@H](CC(=O)O)C(=O)N[C@H]2CCN1C2=O. The topological polar surface area (TPSA) is 238 Å². The van der Waals surface area contributed by atoms with Gasteiger partial charge in [0.15, 0.2) is 5.96 Å². The fourth-order valence-corrected chi connectivity index (χ4v) is 4.20. The number of guanidine groups is 1. The van der Waals surface area contributed by atoms with Crippen LogP contribution in [0.1, 0.15) is 46.0 Å². The van der Waals surface area contributed by atoms with Crippen LogP contribution in [-0.2, 0) is 28.8 Å². The van der Waals surface area contributed by atoms with Crippen LogP contribution in [0, 0.1) is 5.92 Å². The molecule has 15 heteroatoms. The number of nitrogens with one attached hydrogen (secondary N) is 4. The number of carboxylic acids is 1. The van der Waals surface area contributed by atoms with Crippen LogP contribution in [0.4, 0.5) is 0 Å². The van der Waals surface area contributed by atoms with E-state index in [1.807, 2.05) is 13.8 Å². The Morgan fingerprint density at radius 1 is 1.05 bits per heavy atom. The van der Waals surface area contributed by atoms with E-state index >= 15 is 0 Å². The minimum absolute atomic E-state index is 0.0233. The van der Waals surface area contributed by atoms with Crippen LogP contribution in [0.3, 0.4) is 0 Å². The third-order valence-electron chi connectivity index (χ3n) is 5.96. The average Bonchev–Trinajstić information content (AvgIpc) is 3.15. The van der Waals surface area contributed by atoms with Crippen LogP contribution in [0.5, 0.6) is 0 Å². The zero-order chi connectivity index (χ0) is 27.7. The number of carbonyl (C=O) groups excluding carboxylic acids is 5. The quantitative estimate of drug-likeness (QED) is 0.0956. The molecule has 0 aromatic rings. The molecule has 4 atom stereocenters. The number of hydrogen-bond acceptors (Lipinski definition) is 7. The van der Waals surface area contributed by atoms with Gasteiger partial charge in [-0.15, -0.1) is 0 Å². The lowest BCUT2D eigenvalue weighted by molar-refractivity contribution is -0.142. The summed E-state index contributed by atoms with van der Waals surface area (Å²) < 4.78 is 0. The minimum atomic E-state index is -1.46. The third-order valence-corrected chi connectivity index (χ3v) is 5.96. The van der Waals surface area contributed by atoms with Gasteiger partial charge in [-0.05, 0) is 31.6 Å². The fourth-order valence-electron chi connectivity index (χ4n) is 4.20. The number of nitrogens with zero attached hydrogens (tertiary/aromatic N) is 2. The van der Waals surface area contributed by atoms with Gasteiger partial charge in [0.1, 0.15) is 24.2 Å². The molecule has 37 heavy (non-hydrogen) atoms. The third kappa shape index (κ3) is 8.91. The van der Waals surface area contributed by atoms with Crippen molar-refractivity contribution in [1.29, 1.82) is 0 Å². The molecule has 206 valence electrons. The number of carbonyl (C=O) groups is 6. The summed E-state index contributed by atoms with van der Waals surface area (Å²) in [4.78, 5) is 81.0. The molecule has 2 bridgehead atoms. The molecule has 2 aliphatic heterocycles. The van der Waals surface area contributed by atoms with Crippen LogP contribution in [-0.4, -0.2) is 95.3 Å². The smallest absolute Gasteiger partial charge is 0.305 e. The van der Waals surface area contributed by atoms with Crippen molar-refractivity contribution in [2.75, 3.05) is 19.6 Å². The second-order valence-electron chi connectivity index (χ2n) is 9.47. The van der Waals surface area contributed by atoms with Crippen molar-refractivity contribution < 1.29 is 33.9 Å². The lowest BCUT2D eigenvalue weighted by atomic mass is 10.0. The highest BCUT2D eigenvalue weighted by Crippen LogP contribution is 2.21. The van der Waals surface area contributed by atoms with Crippen LogP contribution >= 0.6 is 0 Å². The van der Waals surface area contributed by atoms with Gasteiger partial charge < -0.3 is 42.7 Å². The molecule has 0 aromatic carbocycles. The number of amides is 5. The molecular weight excluding hydrogens is 488 g/mol. The van der Waals surface area contributed by atoms with Gasteiger partial charge >= 0.3 is 5.97 Å². The van der Waals surface area contributed by atoms with Gasteiger partial charge in [0.2, 0.25) is 29.5 Å². The van der Waals surface area contributed by atoms with Gasteiger partial charge in [0, 0.05) is 13.1 Å². The highest BCUT2D eigenvalue weighted by molar-refractivity contribution is 5.98. The average molecular weight is 525 g/mol. The van der Waals surface area contributed by atoms with Gasteiger partial charge in [-0.3, -0.25) is 33.8 Å². The Balaban J connectivity index is 2.36. The zero-order valence-corrected chi connectivity index (χ0v) is 21.0. The summed E-state index contributed by atoms with van der Waals surface area (Å²) in [7, 11) is 0. The molecule has 2 heterocycles. The summed E-state index contributed by atoms with van der Waals surface area (Å²) in [6.07, 6.45) is 0.258. The first-order chi connectivity index (χ1) is 17.4. The molecule has 2 saturated heterocycles. The predicted octanol–water partition coefficient (Wildman–Crippen LogP) is -3.25. The van der Waals surface area contributed by atoms with Gasteiger partial charge in [0.05, 0.1) is 13.0 Å². The maximum atomic E-state index is 13.3. The number of aliphatic carboxylic acids is 1. The van der Waals surface area contributed by atoms with Crippen molar-refractivity contribution in [3.8, 4) is 0 Å². The first-order valence-corrected chi connectivity index (χ1v) is 12.1. The first-order valence-electron chi connectivity index (χ1n) is 12.1. The summed E-state index contributed by atoms with van der Waals surface area (Å²) in [6.45, 7) is 3.58. The molecule has 0 saturated carbocycles. The number of rotatable bonds is 8. The molecule has 0 spiro atoms. The minimum Gasteiger partial charge on any atom is -0.481 e. The summed E-state index contributed by atoms with van der Waals surface area (Å²) >= 11 is 0. The molecule has 0 unspecified atom stereocenters. The second kappa shape index (κ2) is 13.4. The van der Waals surface area contributed by atoms with Crippen molar-refractivity contribution >= 4 is 41.5 Å². The van der Waals surface area contributed by atoms with E-state index in [-0.39, 0.29) is 37.8 Å². The van der Waals surface area contributed by atoms with E-state index in [0.29, 0.717) is 12.8 Å². The summed E-state index contributed by atoms with van der Waals surface area (Å²) in [5.41, 5.74) is 10.7. The predicted molar refractivity (Wildman–Crippen MR) is 131 cm³/mol. The molecule has 0 aromatic heterocycles. The van der Waals surface area contributed by atoms with Crippen LogP contribution < -0.4 is 32.7 Å². The molecule has 9 N–H and O–H groups in total. The zero-order valence-electron chi connectivity index (χ0n) is 21.0.